The summed E-state index contributed by atoms with van der Waals surface area (Å²) in [5.41, 5.74) is 0. The molecule has 0 aliphatic rings. The number of nitrogens with one attached hydrogen (secondary N) is 1. The summed E-state index contributed by atoms with van der Waals surface area (Å²) in [5, 5.41) is 8.99. The quantitative estimate of drug-likeness (QED) is 0.787. The van der Waals surface area contributed by atoms with Gasteiger partial charge in [-0.25, -0.2) is 21.9 Å². The van der Waals surface area contributed by atoms with Crippen LogP contribution in [-0.2, 0) is 14.8 Å². The van der Waals surface area contributed by atoms with Crippen molar-refractivity contribution in [2.45, 2.75) is 18.7 Å². The van der Waals surface area contributed by atoms with Crippen LogP contribution in [-0.4, -0.2) is 26.0 Å². The minimum absolute atomic E-state index is 0.274. The summed E-state index contributed by atoms with van der Waals surface area (Å²) in [7, 11) is -4.30. The summed E-state index contributed by atoms with van der Waals surface area (Å²) < 4.78 is 52.4. The summed E-state index contributed by atoms with van der Waals surface area (Å²) >= 11 is 2.78. The van der Waals surface area contributed by atoms with Gasteiger partial charge in [0.25, 0.3) is 0 Å². The van der Waals surface area contributed by atoms with Gasteiger partial charge in [-0.15, -0.1) is 0 Å². The molecule has 0 saturated heterocycles. The maximum atomic E-state index is 13.6. The van der Waals surface area contributed by atoms with Crippen molar-refractivity contribution in [3.63, 3.8) is 0 Å². The molecule has 0 radical (unpaired) electrons. The molecule has 1 aromatic rings. The number of carbonyl (C=O) groups is 1. The van der Waals surface area contributed by atoms with Crippen LogP contribution in [0, 0.1) is 23.5 Å². The molecule has 9 heteroatoms. The first kappa shape index (κ1) is 18.0. The van der Waals surface area contributed by atoms with E-state index >= 15 is 0 Å². The van der Waals surface area contributed by atoms with Crippen LogP contribution in [0.25, 0.3) is 0 Å². The normalized spacial score (nSPS) is 13.4. The first-order chi connectivity index (χ1) is 9.56. The van der Waals surface area contributed by atoms with Crippen LogP contribution in [0.1, 0.15) is 13.8 Å². The number of carboxylic acid groups (broad SMARTS) is 1. The molecule has 1 atom stereocenters. The molecule has 1 unspecified atom stereocenters. The van der Waals surface area contributed by atoms with E-state index in [4.69, 9.17) is 5.11 Å². The lowest BCUT2D eigenvalue weighted by molar-refractivity contribution is -0.142. The fourth-order valence-corrected chi connectivity index (χ4v) is 3.89. The average molecular weight is 386 g/mol. The Bertz CT molecular complexity index is 626. The van der Waals surface area contributed by atoms with E-state index in [1.807, 2.05) is 4.72 Å². The van der Waals surface area contributed by atoms with Gasteiger partial charge in [0.05, 0.1) is 5.92 Å². The molecule has 118 valence electrons. The molecule has 0 spiro atoms. The number of carboxylic acids is 1. The predicted octanol–water partition coefficient (Wildman–Crippen LogP) is 2.36. The van der Waals surface area contributed by atoms with Crippen LogP contribution in [0.15, 0.2) is 21.5 Å². The molecular weight excluding hydrogens is 372 g/mol. The molecule has 0 bridgehead atoms. The summed E-state index contributed by atoms with van der Waals surface area (Å²) in [6, 6.07) is 1.26. The zero-order valence-electron chi connectivity index (χ0n) is 11.2. The second-order valence-corrected chi connectivity index (χ2v) is 7.30. The Morgan fingerprint density at radius 3 is 2.38 bits per heavy atom. The maximum absolute atomic E-state index is 13.6. The van der Waals surface area contributed by atoms with E-state index in [-0.39, 0.29) is 10.4 Å². The third-order valence-corrected chi connectivity index (χ3v) is 5.23. The van der Waals surface area contributed by atoms with Crippen molar-refractivity contribution in [2.75, 3.05) is 6.54 Å². The lowest BCUT2D eigenvalue weighted by Crippen LogP contribution is -2.36. The Labute approximate surface area is 129 Å². The van der Waals surface area contributed by atoms with Crippen LogP contribution < -0.4 is 4.72 Å². The molecule has 1 aromatic carbocycles. The van der Waals surface area contributed by atoms with E-state index in [2.05, 4.69) is 15.9 Å². The fraction of sp³-hybridized carbons (Fsp3) is 0.417. The number of rotatable bonds is 6. The third-order valence-electron chi connectivity index (χ3n) is 2.85. The molecule has 21 heavy (non-hydrogen) atoms. The molecule has 1 rings (SSSR count). The van der Waals surface area contributed by atoms with Crippen LogP contribution in [0.5, 0.6) is 0 Å². The van der Waals surface area contributed by atoms with Crippen molar-refractivity contribution >= 4 is 31.9 Å². The smallest absolute Gasteiger partial charge is 0.308 e. The SMILES string of the molecule is CC(C)C(CNS(=O)(=O)c1c(F)cc(F)cc1Br)C(=O)O. The highest BCUT2D eigenvalue weighted by Crippen LogP contribution is 2.26. The lowest BCUT2D eigenvalue weighted by Gasteiger charge is -2.17. The number of hydrogen-bond donors (Lipinski definition) is 2. The Morgan fingerprint density at radius 2 is 1.95 bits per heavy atom. The van der Waals surface area contributed by atoms with Crippen molar-refractivity contribution in [3.05, 3.63) is 28.2 Å². The van der Waals surface area contributed by atoms with E-state index in [0.29, 0.717) is 6.07 Å². The number of hydrogen-bond acceptors (Lipinski definition) is 3. The van der Waals surface area contributed by atoms with Gasteiger partial charge in [0.15, 0.2) is 0 Å². The molecule has 0 aromatic heterocycles. The van der Waals surface area contributed by atoms with E-state index < -0.39 is 45.0 Å². The molecule has 0 aliphatic carbocycles. The fourth-order valence-electron chi connectivity index (χ4n) is 1.67. The van der Waals surface area contributed by atoms with Crippen LogP contribution in [0.3, 0.4) is 0 Å². The van der Waals surface area contributed by atoms with Crippen molar-refractivity contribution in [3.8, 4) is 0 Å². The Balaban J connectivity index is 3.06. The largest absolute Gasteiger partial charge is 0.481 e. The Kier molecular flexibility index (Phi) is 5.83. The maximum Gasteiger partial charge on any atom is 0.308 e. The van der Waals surface area contributed by atoms with Gasteiger partial charge in [0.2, 0.25) is 10.0 Å². The number of sulfonamides is 1. The van der Waals surface area contributed by atoms with Crippen LogP contribution >= 0.6 is 15.9 Å². The molecule has 0 heterocycles. The molecule has 2 N–H and O–H groups in total. The van der Waals surface area contributed by atoms with E-state index in [1.165, 1.54) is 0 Å². The minimum Gasteiger partial charge on any atom is -0.481 e. The van der Waals surface area contributed by atoms with E-state index in [1.54, 1.807) is 13.8 Å². The molecule has 0 aliphatic heterocycles. The second-order valence-electron chi connectivity index (χ2n) is 4.74. The highest BCUT2D eigenvalue weighted by Gasteiger charge is 2.27. The van der Waals surface area contributed by atoms with Gasteiger partial charge < -0.3 is 5.11 Å². The topological polar surface area (TPSA) is 83.5 Å². The summed E-state index contributed by atoms with van der Waals surface area (Å²) in [5.74, 6) is -4.62. The van der Waals surface area contributed by atoms with E-state index in [9.17, 15) is 22.0 Å². The first-order valence-electron chi connectivity index (χ1n) is 5.93. The van der Waals surface area contributed by atoms with Gasteiger partial charge in [-0.3, -0.25) is 4.79 Å². The van der Waals surface area contributed by atoms with Gasteiger partial charge in [0.1, 0.15) is 16.5 Å². The van der Waals surface area contributed by atoms with Gasteiger partial charge in [-0.05, 0) is 27.9 Å². The summed E-state index contributed by atoms with van der Waals surface area (Å²) in [4.78, 5) is 10.3. The predicted molar refractivity (Wildman–Crippen MR) is 75.2 cm³/mol. The Morgan fingerprint density at radius 1 is 1.38 bits per heavy atom. The van der Waals surface area contributed by atoms with Crippen molar-refractivity contribution in [2.24, 2.45) is 11.8 Å². The van der Waals surface area contributed by atoms with Gasteiger partial charge in [-0.2, -0.15) is 0 Å². The summed E-state index contributed by atoms with van der Waals surface area (Å²) in [6.45, 7) is 2.86. The Hall–Kier alpha value is -1.06. The lowest BCUT2D eigenvalue weighted by atomic mass is 9.97. The van der Waals surface area contributed by atoms with Crippen LogP contribution in [0.4, 0.5) is 8.78 Å². The van der Waals surface area contributed by atoms with E-state index in [0.717, 1.165) is 6.07 Å². The third kappa shape index (κ3) is 4.45. The monoisotopic (exact) mass is 385 g/mol. The zero-order chi connectivity index (χ0) is 16.4. The average Bonchev–Trinajstić information content (AvgIpc) is 2.25. The number of benzene rings is 1. The van der Waals surface area contributed by atoms with Crippen molar-refractivity contribution in [1.29, 1.82) is 0 Å². The minimum atomic E-state index is -4.30. The summed E-state index contributed by atoms with van der Waals surface area (Å²) in [6.07, 6.45) is 0. The van der Waals surface area contributed by atoms with Crippen LogP contribution in [0.2, 0.25) is 0 Å². The molecule has 0 amide bonds. The molecular formula is C12H14BrF2NO4S. The highest BCUT2D eigenvalue weighted by molar-refractivity contribution is 9.10. The first-order valence-corrected chi connectivity index (χ1v) is 8.21. The van der Waals surface area contributed by atoms with Gasteiger partial charge in [-0.1, -0.05) is 13.8 Å². The molecule has 0 saturated carbocycles. The number of halogens is 3. The molecule has 5 nitrogen and oxygen atoms in total. The zero-order valence-corrected chi connectivity index (χ0v) is 13.6. The van der Waals surface area contributed by atoms with Gasteiger partial charge in [0, 0.05) is 17.1 Å². The molecule has 0 fully saturated rings. The highest BCUT2D eigenvalue weighted by atomic mass is 79.9. The second kappa shape index (κ2) is 6.80. The number of aliphatic carboxylic acids is 1. The van der Waals surface area contributed by atoms with Crippen molar-refractivity contribution < 1.29 is 27.1 Å². The standard InChI is InChI=1S/C12H14BrF2NO4S/c1-6(2)8(12(17)18)5-16-21(19,20)11-9(13)3-7(14)4-10(11)15/h3-4,6,8,16H,5H2,1-2H3,(H,17,18). The van der Waals surface area contributed by atoms with Gasteiger partial charge >= 0.3 is 5.97 Å². The van der Waals surface area contributed by atoms with Crippen molar-refractivity contribution in [1.82, 2.24) is 4.72 Å².